The number of nitrogens with one attached hydrogen (secondary N) is 2. The number of rotatable bonds is 7. The Morgan fingerprint density at radius 2 is 1.63 bits per heavy atom. The molecule has 0 saturated heterocycles. The van der Waals surface area contributed by atoms with Crippen molar-refractivity contribution < 1.29 is 19.4 Å². The third-order valence-corrected chi connectivity index (χ3v) is 4.29. The van der Waals surface area contributed by atoms with Crippen LogP contribution in [0.4, 0.5) is 5.69 Å². The van der Waals surface area contributed by atoms with Crippen LogP contribution in [0.5, 0.6) is 17.2 Å². The highest BCUT2D eigenvalue weighted by molar-refractivity contribution is 7.80. The molecule has 0 saturated carbocycles. The molecular weight excluding hydrogens is 400 g/mol. The fraction of sp³-hybridized carbons (Fsp3) is 0.130. The number of carbonyl (C=O) groups excluding carboxylic acids is 1. The number of thiocarbonyl (C=S) groups is 1. The van der Waals surface area contributed by atoms with Crippen LogP contribution < -0.4 is 20.1 Å². The molecule has 0 atom stereocenters. The van der Waals surface area contributed by atoms with Crippen molar-refractivity contribution in [1.29, 1.82) is 0 Å². The minimum atomic E-state index is -0.384. The number of benzene rings is 3. The summed E-state index contributed by atoms with van der Waals surface area (Å²) in [6, 6.07) is 21.3. The minimum Gasteiger partial charge on any atom is -0.506 e. The lowest BCUT2D eigenvalue weighted by Gasteiger charge is -2.12. The summed E-state index contributed by atoms with van der Waals surface area (Å²) in [6.07, 6.45) is 0. The number of hydrogen-bond acceptors (Lipinski definition) is 5. The van der Waals surface area contributed by atoms with Crippen molar-refractivity contribution >= 4 is 28.9 Å². The topological polar surface area (TPSA) is 79.8 Å². The van der Waals surface area contributed by atoms with Gasteiger partial charge in [-0.1, -0.05) is 30.3 Å². The third-order valence-electron chi connectivity index (χ3n) is 4.09. The molecule has 0 aliphatic carbocycles. The van der Waals surface area contributed by atoms with Crippen LogP contribution >= 0.6 is 12.2 Å². The van der Waals surface area contributed by atoms with Gasteiger partial charge < -0.3 is 19.9 Å². The number of phenols is 1. The summed E-state index contributed by atoms with van der Waals surface area (Å²) in [4.78, 5) is 12.5. The number of aromatic hydroxyl groups is 1. The molecule has 154 valence electrons. The van der Waals surface area contributed by atoms with Crippen molar-refractivity contribution in [3.8, 4) is 17.2 Å². The second kappa shape index (κ2) is 10.3. The smallest absolute Gasteiger partial charge is 0.257 e. The summed E-state index contributed by atoms with van der Waals surface area (Å²) in [5.41, 5.74) is 1.77. The first-order valence-corrected chi connectivity index (χ1v) is 9.75. The lowest BCUT2D eigenvalue weighted by molar-refractivity contribution is 0.0977. The average Bonchev–Trinajstić information content (AvgIpc) is 2.75. The van der Waals surface area contributed by atoms with Gasteiger partial charge in [-0.2, -0.15) is 0 Å². The quantitative estimate of drug-likeness (QED) is 0.300. The van der Waals surface area contributed by atoms with Gasteiger partial charge in [-0.15, -0.1) is 0 Å². The lowest BCUT2D eigenvalue weighted by Crippen LogP contribution is -2.34. The highest BCUT2D eigenvalue weighted by Gasteiger charge is 2.11. The molecule has 0 aliphatic rings. The Morgan fingerprint density at radius 1 is 0.933 bits per heavy atom. The zero-order chi connectivity index (χ0) is 21.3. The third kappa shape index (κ3) is 6.22. The van der Waals surface area contributed by atoms with Crippen LogP contribution in [0.2, 0.25) is 0 Å². The normalized spacial score (nSPS) is 10.2. The number of carbonyl (C=O) groups is 1. The maximum atomic E-state index is 12.5. The Hall–Kier alpha value is -3.58. The van der Waals surface area contributed by atoms with E-state index in [1.54, 1.807) is 42.5 Å². The van der Waals surface area contributed by atoms with E-state index in [0.717, 1.165) is 11.3 Å². The van der Waals surface area contributed by atoms with Gasteiger partial charge in [0.15, 0.2) is 5.11 Å². The van der Waals surface area contributed by atoms with E-state index in [9.17, 15) is 9.90 Å². The van der Waals surface area contributed by atoms with Gasteiger partial charge in [-0.25, -0.2) is 0 Å². The van der Waals surface area contributed by atoms with Crippen LogP contribution in [0.1, 0.15) is 15.9 Å². The summed E-state index contributed by atoms with van der Waals surface area (Å²) in [7, 11) is 0. The first-order chi connectivity index (χ1) is 14.5. The van der Waals surface area contributed by atoms with E-state index >= 15 is 0 Å². The molecule has 0 aliphatic heterocycles. The molecule has 0 unspecified atom stereocenters. The maximum Gasteiger partial charge on any atom is 0.257 e. The van der Waals surface area contributed by atoms with Crippen molar-refractivity contribution in [3.05, 3.63) is 83.9 Å². The first kappa shape index (κ1) is 21.1. The molecule has 0 spiro atoms. The van der Waals surface area contributed by atoms with Gasteiger partial charge >= 0.3 is 0 Å². The van der Waals surface area contributed by atoms with Gasteiger partial charge in [0, 0.05) is 5.56 Å². The number of aryl methyl sites for hydroxylation is 1. The zero-order valence-corrected chi connectivity index (χ0v) is 17.2. The van der Waals surface area contributed by atoms with Crippen molar-refractivity contribution in [3.63, 3.8) is 0 Å². The fourth-order valence-corrected chi connectivity index (χ4v) is 2.84. The van der Waals surface area contributed by atoms with Crippen molar-refractivity contribution in [2.75, 3.05) is 18.5 Å². The van der Waals surface area contributed by atoms with Crippen LogP contribution in [0.3, 0.4) is 0 Å². The molecule has 3 rings (SSSR count). The van der Waals surface area contributed by atoms with Gasteiger partial charge in [0.1, 0.15) is 30.5 Å². The number of para-hydroxylation sites is 1. The van der Waals surface area contributed by atoms with Crippen LogP contribution in [0.25, 0.3) is 0 Å². The molecule has 30 heavy (non-hydrogen) atoms. The van der Waals surface area contributed by atoms with E-state index in [1.807, 2.05) is 37.3 Å². The van der Waals surface area contributed by atoms with Gasteiger partial charge in [0.2, 0.25) is 0 Å². The van der Waals surface area contributed by atoms with Crippen LogP contribution in [0, 0.1) is 6.92 Å². The minimum absolute atomic E-state index is 0.0466. The zero-order valence-electron chi connectivity index (χ0n) is 16.4. The van der Waals surface area contributed by atoms with E-state index in [4.69, 9.17) is 21.7 Å². The summed E-state index contributed by atoms with van der Waals surface area (Å²) in [5, 5.41) is 15.4. The molecule has 3 aromatic rings. The van der Waals surface area contributed by atoms with Crippen LogP contribution in [-0.4, -0.2) is 29.3 Å². The van der Waals surface area contributed by atoms with Gasteiger partial charge in [0.05, 0.1) is 5.69 Å². The number of phenolic OH excluding ortho intramolecular Hbond substituents is 1. The highest BCUT2D eigenvalue weighted by atomic mass is 32.1. The number of hydrogen-bond donors (Lipinski definition) is 3. The Kier molecular flexibility index (Phi) is 7.24. The SMILES string of the molecule is Cc1ccc(O)c(NC(=S)NC(=O)c2cccc(OCCOc3ccccc3)c2)c1. The molecule has 3 aromatic carbocycles. The highest BCUT2D eigenvalue weighted by Crippen LogP contribution is 2.23. The summed E-state index contributed by atoms with van der Waals surface area (Å²) in [6.45, 7) is 2.61. The van der Waals surface area contributed by atoms with E-state index in [2.05, 4.69) is 10.6 Å². The first-order valence-electron chi connectivity index (χ1n) is 9.34. The summed E-state index contributed by atoms with van der Waals surface area (Å²) >= 11 is 5.18. The van der Waals surface area contributed by atoms with E-state index in [0.29, 0.717) is 30.2 Å². The number of amides is 1. The molecule has 6 nitrogen and oxygen atoms in total. The largest absolute Gasteiger partial charge is 0.506 e. The molecular formula is C23H22N2O4S. The molecule has 0 bridgehead atoms. The molecule has 3 N–H and O–H groups in total. The maximum absolute atomic E-state index is 12.5. The van der Waals surface area contributed by atoms with Crippen molar-refractivity contribution in [1.82, 2.24) is 5.32 Å². The van der Waals surface area contributed by atoms with Gasteiger partial charge in [0.25, 0.3) is 5.91 Å². The van der Waals surface area contributed by atoms with Crippen LogP contribution in [0.15, 0.2) is 72.8 Å². The summed E-state index contributed by atoms with van der Waals surface area (Å²) in [5.74, 6) is 0.986. The number of anilines is 1. The predicted molar refractivity (Wildman–Crippen MR) is 120 cm³/mol. The molecule has 0 aromatic heterocycles. The molecule has 0 radical (unpaired) electrons. The van der Waals surface area contributed by atoms with Gasteiger partial charge in [-0.3, -0.25) is 10.1 Å². The Morgan fingerprint density at radius 3 is 2.40 bits per heavy atom. The lowest BCUT2D eigenvalue weighted by atomic mass is 10.2. The molecule has 0 fully saturated rings. The van der Waals surface area contributed by atoms with E-state index in [1.165, 1.54) is 0 Å². The predicted octanol–water partition coefficient (Wildman–Crippen LogP) is 4.29. The van der Waals surface area contributed by atoms with E-state index in [-0.39, 0.29) is 16.8 Å². The molecule has 7 heteroatoms. The Balaban J connectivity index is 1.51. The monoisotopic (exact) mass is 422 g/mol. The second-order valence-corrected chi connectivity index (χ2v) is 6.87. The number of ether oxygens (including phenoxy) is 2. The fourth-order valence-electron chi connectivity index (χ4n) is 2.64. The molecule has 1 amide bonds. The molecule has 0 heterocycles. The van der Waals surface area contributed by atoms with Gasteiger partial charge in [-0.05, 0) is 67.2 Å². The van der Waals surface area contributed by atoms with E-state index < -0.39 is 0 Å². The Bertz CT molecular complexity index is 1020. The second-order valence-electron chi connectivity index (χ2n) is 6.47. The van der Waals surface area contributed by atoms with Crippen LogP contribution in [-0.2, 0) is 0 Å². The van der Waals surface area contributed by atoms with Crippen molar-refractivity contribution in [2.24, 2.45) is 0 Å². The Labute approximate surface area is 180 Å². The van der Waals surface area contributed by atoms with Crippen molar-refractivity contribution in [2.45, 2.75) is 6.92 Å². The standard InChI is InChI=1S/C23H22N2O4S/c1-16-10-11-21(26)20(14-16)24-23(30)25-22(27)17-6-5-9-19(15-17)29-13-12-28-18-7-3-2-4-8-18/h2-11,14-15,26H,12-13H2,1H3,(H2,24,25,27,30). The summed E-state index contributed by atoms with van der Waals surface area (Å²) < 4.78 is 11.2. The average molecular weight is 423 g/mol.